The van der Waals surface area contributed by atoms with Crippen molar-refractivity contribution in [3.8, 4) is 33.4 Å². The number of anilines is 5. The van der Waals surface area contributed by atoms with Crippen LogP contribution in [0, 0.1) is 12.8 Å². The van der Waals surface area contributed by atoms with E-state index < -0.39 is 0 Å². The summed E-state index contributed by atoms with van der Waals surface area (Å²) in [6, 6.07) is 15.7. The molecule has 0 amide bonds. The van der Waals surface area contributed by atoms with E-state index in [1.165, 1.54) is 48.3 Å². The van der Waals surface area contributed by atoms with Crippen LogP contribution in [-0.2, 0) is 26.0 Å². The lowest BCUT2D eigenvalue weighted by Crippen LogP contribution is -2.44. The summed E-state index contributed by atoms with van der Waals surface area (Å²) < 4.78 is 29.3. The Morgan fingerprint density at radius 2 is 0.878 bits per heavy atom. The lowest BCUT2D eigenvalue weighted by molar-refractivity contribution is 0.121. The van der Waals surface area contributed by atoms with Crippen molar-refractivity contribution in [2.75, 3.05) is 126 Å². The van der Waals surface area contributed by atoms with Gasteiger partial charge >= 0.3 is 0 Å². The summed E-state index contributed by atoms with van der Waals surface area (Å²) in [5.41, 5.74) is 14.5. The van der Waals surface area contributed by atoms with Crippen LogP contribution in [0.25, 0.3) is 49.9 Å². The summed E-state index contributed by atoms with van der Waals surface area (Å²) in [6.07, 6.45) is 23.4. The smallest absolute Gasteiger partial charge is 0.241 e. The molecule has 0 bridgehead atoms. The van der Waals surface area contributed by atoms with E-state index in [1.807, 2.05) is 54.2 Å². The molecular formula is C73H103N19O6. The number of hydrogen-bond donors (Lipinski definition) is 5. The van der Waals surface area contributed by atoms with Gasteiger partial charge in [0.05, 0.1) is 86.1 Å². The first-order chi connectivity index (χ1) is 47.6. The fraction of sp³-hybridized carbons (Fsp3) is 0.575. The molecule has 3 aliphatic carbocycles. The molecule has 0 radical (unpaired) electrons. The number of nitrogens with one attached hydrogen (secondary N) is 3. The first-order valence-electron chi connectivity index (χ1n) is 35.6. The summed E-state index contributed by atoms with van der Waals surface area (Å²) in [4.78, 5) is 30.1. The van der Waals surface area contributed by atoms with Crippen molar-refractivity contribution in [2.45, 2.75) is 160 Å². The van der Waals surface area contributed by atoms with Gasteiger partial charge in [0, 0.05) is 161 Å². The second-order valence-electron chi connectivity index (χ2n) is 28.1. The number of morpholine rings is 1. The molecule has 2 saturated heterocycles. The third kappa shape index (κ3) is 16.7. The SMILES string of the molecule is COC[C@H](C)Nc1ncc2c(-c3ccnc(N4CCN(C)CC4)c3)cc(C3CCC(O)CC3)n2n1.COC[C@H](C)Nc1ncc2c(-c3ccnc(N4CCOCC4)c3)cc(C3CCC(O)CC3)n2n1.COC[C@H](C)Nc1ncc2c(-c3cn(C)nc3C)cc(C3CCC(C)CC3)n2n1. The Balaban J connectivity index is 0.000000141. The number of piperazine rings is 1. The monoisotopic (exact) mass is 1340 g/mol. The Labute approximate surface area is 576 Å². The first kappa shape index (κ1) is 70.0. The van der Waals surface area contributed by atoms with Gasteiger partial charge in [-0.3, -0.25) is 4.68 Å². The molecular weight excluding hydrogens is 1240 g/mol. The Bertz CT molecular complexity index is 4040. The average Bonchev–Trinajstić information content (AvgIpc) is 1.63. The van der Waals surface area contributed by atoms with Crippen molar-refractivity contribution in [1.29, 1.82) is 0 Å². The highest BCUT2D eigenvalue weighted by atomic mass is 16.5. The van der Waals surface area contributed by atoms with Crippen LogP contribution in [0.15, 0.2) is 79.6 Å². The second kappa shape index (κ2) is 32.4. The van der Waals surface area contributed by atoms with Gasteiger partial charge in [-0.05, 0) is 158 Å². The van der Waals surface area contributed by atoms with E-state index in [9.17, 15) is 10.2 Å². The van der Waals surface area contributed by atoms with Crippen molar-refractivity contribution in [1.82, 2.24) is 68.4 Å². The molecule has 25 heteroatoms. The molecule has 3 atom stereocenters. The number of fused-ring (bicyclic) bond motifs is 3. The molecule has 9 aromatic heterocycles. The number of pyridine rings is 2. The summed E-state index contributed by atoms with van der Waals surface area (Å²) in [5.74, 6) is 5.86. The number of methoxy groups -OCH3 is 3. The number of aryl methyl sites for hydroxylation is 2. The predicted molar refractivity (Wildman–Crippen MR) is 385 cm³/mol. The molecule has 0 unspecified atom stereocenters. The molecule has 5 fully saturated rings. The minimum atomic E-state index is -0.194. The highest BCUT2D eigenvalue weighted by molar-refractivity contribution is 5.85. The minimum absolute atomic E-state index is 0.0991. The average molecular weight is 1340 g/mol. The third-order valence-corrected chi connectivity index (χ3v) is 20.3. The Morgan fingerprint density at radius 1 is 0.490 bits per heavy atom. The maximum absolute atomic E-state index is 10.1. The van der Waals surface area contributed by atoms with E-state index in [2.05, 4.69) is 153 Å². The highest BCUT2D eigenvalue weighted by Gasteiger charge is 2.30. The van der Waals surface area contributed by atoms with Crippen molar-refractivity contribution >= 4 is 46.0 Å². The maximum atomic E-state index is 10.1. The molecule has 2 aliphatic heterocycles. The number of aromatic nitrogens is 13. The molecule has 5 N–H and O–H groups in total. The fourth-order valence-corrected chi connectivity index (χ4v) is 14.8. The van der Waals surface area contributed by atoms with Crippen LogP contribution < -0.4 is 25.8 Å². The van der Waals surface area contributed by atoms with E-state index in [-0.39, 0.29) is 30.3 Å². The maximum Gasteiger partial charge on any atom is 0.241 e. The zero-order valence-corrected chi connectivity index (χ0v) is 59.1. The number of ether oxygens (including phenoxy) is 4. The van der Waals surface area contributed by atoms with Gasteiger partial charge < -0.3 is 59.8 Å². The van der Waals surface area contributed by atoms with Gasteiger partial charge in [0.25, 0.3) is 0 Å². The zero-order valence-electron chi connectivity index (χ0n) is 59.1. The van der Waals surface area contributed by atoms with E-state index in [1.54, 1.807) is 21.3 Å². The summed E-state index contributed by atoms with van der Waals surface area (Å²) in [6.45, 7) is 19.6. The number of rotatable bonds is 20. The summed E-state index contributed by atoms with van der Waals surface area (Å²) in [7, 11) is 9.23. The van der Waals surface area contributed by atoms with Crippen molar-refractivity contribution in [2.24, 2.45) is 13.0 Å². The molecule has 0 spiro atoms. The van der Waals surface area contributed by atoms with Crippen LogP contribution >= 0.6 is 0 Å². The number of hydrogen-bond acceptors (Lipinski definition) is 21. The van der Waals surface area contributed by atoms with Crippen LogP contribution in [-0.4, -0.2) is 210 Å². The molecule has 98 heavy (non-hydrogen) atoms. The standard InChI is InChI=1S/C26H37N7O2.C25H34N6O3.C22H32N6O/c1-18(17-35-3)29-26-28-16-24-22(15-23(33(24)30-26)19-4-6-21(34)7-5-19)20-8-9-27-25(14-20)32-12-10-31(2)11-13-32;1-17(16-33-2)28-25-27-15-23-21(14-22(31(23)29-25)18-3-5-20(32)6-4-18)19-7-8-26-24(13-19)30-9-11-34-12-10-30;1-14-6-8-17(9-7-14)20-10-18(19-12-27(4)25-16(19)3)21-11-23-22(26-28(20)21)24-15(2)13-29-5/h8-9,14-16,18-19,21,34H,4-7,10-13,17H2,1-3H3,(H,29,30);7-8,13-15,17-18,20,32H,3-6,9-12,16H2,1-2H3,(H,28,29);10-12,14-15,17H,6-9,13H2,1-5H3,(H,24,26)/t18-,19?,21?;17-,18?,20?;14?,15-,17?/m000/s1. The number of aliphatic hydroxyl groups excluding tert-OH is 2. The van der Waals surface area contributed by atoms with E-state index in [0.717, 1.165) is 171 Å². The number of aliphatic hydroxyl groups is 2. The van der Waals surface area contributed by atoms with Gasteiger partial charge in [0.2, 0.25) is 17.8 Å². The first-order valence-corrected chi connectivity index (χ1v) is 35.6. The van der Waals surface area contributed by atoms with Gasteiger partial charge in [-0.1, -0.05) is 19.8 Å². The van der Waals surface area contributed by atoms with Gasteiger partial charge in [0.1, 0.15) is 11.6 Å². The number of nitrogens with zero attached hydrogens (tertiary/aromatic N) is 16. The Hall–Kier alpha value is -7.91. The van der Waals surface area contributed by atoms with Crippen molar-refractivity contribution < 1.29 is 29.2 Å². The fourth-order valence-electron chi connectivity index (χ4n) is 14.8. The number of likely N-dealkylation sites (N-methyl/N-ethyl adjacent to an activating group) is 1. The lowest BCUT2D eigenvalue weighted by atomic mass is 9.81. The lowest BCUT2D eigenvalue weighted by Gasteiger charge is -2.33. The van der Waals surface area contributed by atoms with Crippen LogP contribution in [0.3, 0.4) is 0 Å². The topological polar surface area (TPSA) is 257 Å². The molecule has 9 aromatic rings. The predicted octanol–water partition coefficient (Wildman–Crippen LogP) is 10.3. The van der Waals surface area contributed by atoms with Gasteiger partial charge in [-0.15, -0.1) is 15.3 Å². The van der Waals surface area contributed by atoms with Crippen LogP contribution in [0.5, 0.6) is 0 Å². The van der Waals surface area contributed by atoms with Crippen LogP contribution in [0.4, 0.5) is 29.5 Å². The largest absolute Gasteiger partial charge is 0.393 e. The highest BCUT2D eigenvalue weighted by Crippen LogP contribution is 2.42. The molecule has 14 rings (SSSR count). The molecule has 3 saturated carbocycles. The molecule has 11 heterocycles. The van der Waals surface area contributed by atoms with Gasteiger partial charge in [-0.2, -0.15) is 5.10 Å². The van der Waals surface area contributed by atoms with Crippen LogP contribution in [0.2, 0.25) is 0 Å². The molecule has 5 aliphatic rings. The second-order valence-corrected chi connectivity index (χ2v) is 28.1. The summed E-state index contributed by atoms with van der Waals surface area (Å²) in [5, 5.41) is 49.4. The van der Waals surface area contributed by atoms with Crippen molar-refractivity contribution in [3.63, 3.8) is 0 Å². The van der Waals surface area contributed by atoms with E-state index >= 15 is 0 Å². The Kier molecular flexibility index (Phi) is 23.1. The van der Waals surface area contributed by atoms with E-state index in [4.69, 9.17) is 34.2 Å². The minimum Gasteiger partial charge on any atom is -0.393 e. The molecule has 0 aromatic carbocycles. The molecule has 526 valence electrons. The van der Waals surface area contributed by atoms with E-state index in [0.29, 0.717) is 55.4 Å². The third-order valence-electron chi connectivity index (χ3n) is 20.3. The van der Waals surface area contributed by atoms with Crippen LogP contribution in [0.1, 0.15) is 145 Å². The van der Waals surface area contributed by atoms with Gasteiger partial charge in [-0.25, -0.2) is 38.5 Å². The molecule has 25 nitrogen and oxygen atoms in total. The Morgan fingerprint density at radius 3 is 1.28 bits per heavy atom. The zero-order chi connectivity index (χ0) is 68.4. The normalized spacial score (nSPS) is 21.9. The summed E-state index contributed by atoms with van der Waals surface area (Å²) >= 11 is 0. The van der Waals surface area contributed by atoms with Gasteiger partial charge in [0.15, 0.2) is 0 Å². The van der Waals surface area contributed by atoms with Crippen molar-refractivity contribution in [3.05, 3.63) is 102 Å². The quantitative estimate of drug-likeness (QED) is 0.0475.